The van der Waals surface area contributed by atoms with E-state index in [4.69, 9.17) is 11.6 Å². The van der Waals surface area contributed by atoms with Gasteiger partial charge in [0.1, 0.15) is 17.3 Å². The van der Waals surface area contributed by atoms with E-state index >= 15 is 0 Å². The Morgan fingerprint density at radius 3 is 3.06 bits per heavy atom. The SMILES string of the molecule is O=C(NCCc1ncn[nH]1)c1ccnc(Cl)c1. The van der Waals surface area contributed by atoms with Crippen LogP contribution in [0.15, 0.2) is 24.7 Å². The van der Waals surface area contributed by atoms with Crippen molar-refractivity contribution in [2.24, 2.45) is 0 Å². The van der Waals surface area contributed by atoms with Crippen LogP contribution in [0.5, 0.6) is 0 Å². The minimum absolute atomic E-state index is 0.186. The molecule has 0 bridgehead atoms. The largest absolute Gasteiger partial charge is 0.352 e. The fourth-order valence-corrected chi connectivity index (χ4v) is 1.47. The molecule has 2 rings (SSSR count). The van der Waals surface area contributed by atoms with Gasteiger partial charge in [0.2, 0.25) is 0 Å². The minimum atomic E-state index is -0.186. The Balaban J connectivity index is 1.85. The lowest BCUT2D eigenvalue weighted by atomic mass is 10.2. The molecular formula is C10H10ClN5O. The summed E-state index contributed by atoms with van der Waals surface area (Å²) in [5.41, 5.74) is 0.488. The second kappa shape index (κ2) is 5.40. The lowest BCUT2D eigenvalue weighted by molar-refractivity contribution is 0.0954. The normalized spacial score (nSPS) is 10.2. The molecule has 17 heavy (non-hydrogen) atoms. The number of amides is 1. The van der Waals surface area contributed by atoms with E-state index in [1.54, 1.807) is 6.07 Å². The summed E-state index contributed by atoms with van der Waals surface area (Å²) in [4.78, 5) is 19.4. The maximum Gasteiger partial charge on any atom is 0.251 e. The summed E-state index contributed by atoms with van der Waals surface area (Å²) in [6, 6.07) is 3.13. The first-order valence-corrected chi connectivity index (χ1v) is 5.37. The van der Waals surface area contributed by atoms with Gasteiger partial charge < -0.3 is 5.32 Å². The molecule has 0 spiro atoms. The molecule has 2 heterocycles. The van der Waals surface area contributed by atoms with E-state index in [9.17, 15) is 4.79 Å². The Bertz CT molecular complexity index is 499. The number of carbonyl (C=O) groups excluding carboxylic acids is 1. The van der Waals surface area contributed by atoms with Gasteiger partial charge in [-0.3, -0.25) is 9.89 Å². The monoisotopic (exact) mass is 251 g/mol. The van der Waals surface area contributed by atoms with E-state index in [0.717, 1.165) is 5.82 Å². The van der Waals surface area contributed by atoms with Gasteiger partial charge in [0.25, 0.3) is 5.91 Å². The van der Waals surface area contributed by atoms with Crippen molar-refractivity contribution in [2.45, 2.75) is 6.42 Å². The summed E-state index contributed by atoms with van der Waals surface area (Å²) in [5.74, 6) is 0.548. The van der Waals surface area contributed by atoms with Crippen molar-refractivity contribution >= 4 is 17.5 Å². The van der Waals surface area contributed by atoms with Crippen molar-refractivity contribution in [2.75, 3.05) is 6.54 Å². The molecular weight excluding hydrogens is 242 g/mol. The van der Waals surface area contributed by atoms with Crippen LogP contribution in [-0.2, 0) is 6.42 Å². The average molecular weight is 252 g/mol. The molecule has 0 saturated heterocycles. The highest BCUT2D eigenvalue weighted by atomic mass is 35.5. The lowest BCUT2D eigenvalue weighted by Gasteiger charge is -2.03. The van der Waals surface area contributed by atoms with E-state index in [1.165, 1.54) is 18.6 Å². The molecule has 1 amide bonds. The fourth-order valence-electron chi connectivity index (χ4n) is 1.29. The van der Waals surface area contributed by atoms with Crippen molar-refractivity contribution in [3.8, 4) is 0 Å². The molecule has 6 nitrogen and oxygen atoms in total. The van der Waals surface area contributed by atoms with E-state index in [-0.39, 0.29) is 5.91 Å². The number of carbonyl (C=O) groups is 1. The molecule has 0 radical (unpaired) electrons. The van der Waals surface area contributed by atoms with Gasteiger partial charge in [-0.15, -0.1) is 0 Å². The summed E-state index contributed by atoms with van der Waals surface area (Å²) < 4.78 is 0. The van der Waals surface area contributed by atoms with Gasteiger partial charge in [0, 0.05) is 24.7 Å². The predicted molar refractivity (Wildman–Crippen MR) is 61.7 cm³/mol. The highest BCUT2D eigenvalue weighted by Crippen LogP contribution is 2.06. The number of aromatic amines is 1. The molecule has 7 heteroatoms. The van der Waals surface area contributed by atoms with Gasteiger partial charge >= 0.3 is 0 Å². The second-order valence-electron chi connectivity index (χ2n) is 3.31. The third kappa shape index (κ3) is 3.25. The van der Waals surface area contributed by atoms with Crippen molar-refractivity contribution in [3.63, 3.8) is 0 Å². The van der Waals surface area contributed by atoms with Crippen LogP contribution in [0, 0.1) is 0 Å². The summed E-state index contributed by atoms with van der Waals surface area (Å²) in [6.07, 6.45) is 3.53. The number of hydrogen-bond acceptors (Lipinski definition) is 4. The molecule has 0 fully saturated rings. The zero-order valence-electron chi connectivity index (χ0n) is 8.85. The van der Waals surface area contributed by atoms with E-state index in [2.05, 4.69) is 25.5 Å². The number of aromatic nitrogens is 4. The first kappa shape index (κ1) is 11.5. The third-order valence-corrected chi connectivity index (χ3v) is 2.31. The van der Waals surface area contributed by atoms with Crippen LogP contribution in [-0.4, -0.2) is 32.6 Å². The Morgan fingerprint density at radius 1 is 1.47 bits per heavy atom. The first-order valence-electron chi connectivity index (χ1n) is 4.99. The van der Waals surface area contributed by atoms with Gasteiger partial charge in [-0.2, -0.15) is 5.10 Å². The molecule has 88 valence electrons. The molecule has 0 aromatic carbocycles. The number of halogens is 1. The van der Waals surface area contributed by atoms with Crippen LogP contribution in [0.2, 0.25) is 5.15 Å². The highest BCUT2D eigenvalue weighted by Gasteiger charge is 2.05. The van der Waals surface area contributed by atoms with Gasteiger partial charge in [-0.25, -0.2) is 9.97 Å². The molecule has 0 aliphatic heterocycles. The number of nitrogens with zero attached hydrogens (tertiary/aromatic N) is 3. The molecule has 2 aromatic rings. The Hall–Kier alpha value is -1.95. The topological polar surface area (TPSA) is 83.6 Å². The Labute approximate surface area is 102 Å². The lowest BCUT2D eigenvalue weighted by Crippen LogP contribution is -2.26. The molecule has 0 atom stereocenters. The number of pyridine rings is 1. The quantitative estimate of drug-likeness (QED) is 0.789. The number of hydrogen-bond donors (Lipinski definition) is 2. The Morgan fingerprint density at radius 2 is 2.35 bits per heavy atom. The van der Waals surface area contributed by atoms with Crippen molar-refractivity contribution in [3.05, 3.63) is 41.2 Å². The molecule has 0 unspecified atom stereocenters. The molecule has 0 saturated carbocycles. The van der Waals surface area contributed by atoms with Gasteiger partial charge in [0.05, 0.1) is 0 Å². The molecule has 2 aromatic heterocycles. The zero-order valence-corrected chi connectivity index (χ0v) is 9.61. The summed E-state index contributed by atoms with van der Waals surface area (Å²) in [7, 11) is 0. The van der Waals surface area contributed by atoms with Crippen molar-refractivity contribution < 1.29 is 4.79 Å². The molecule has 0 aliphatic carbocycles. The van der Waals surface area contributed by atoms with Crippen LogP contribution in [0.25, 0.3) is 0 Å². The average Bonchev–Trinajstić information content (AvgIpc) is 2.82. The van der Waals surface area contributed by atoms with Crippen LogP contribution in [0.4, 0.5) is 0 Å². The standard InChI is InChI=1S/C10H10ClN5O/c11-8-5-7(1-3-12-8)10(17)13-4-2-9-14-6-15-16-9/h1,3,5-6H,2,4H2,(H,13,17)(H,14,15,16). The number of rotatable bonds is 4. The van der Waals surface area contributed by atoms with Gasteiger partial charge in [0.15, 0.2) is 0 Å². The summed E-state index contributed by atoms with van der Waals surface area (Å²) in [6.45, 7) is 0.480. The van der Waals surface area contributed by atoms with Crippen LogP contribution >= 0.6 is 11.6 Å². The van der Waals surface area contributed by atoms with E-state index < -0.39 is 0 Å². The minimum Gasteiger partial charge on any atom is -0.352 e. The van der Waals surface area contributed by atoms with E-state index in [1.807, 2.05) is 0 Å². The van der Waals surface area contributed by atoms with Crippen LogP contribution in [0.3, 0.4) is 0 Å². The first-order chi connectivity index (χ1) is 8.25. The smallest absolute Gasteiger partial charge is 0.251 e. The molecule has 0 aliphatic rings. The highest BCUT2D eigenvalue weighted by molar-refractivity contribution is 6.29. The fraction of sp³-hybridized carbons (Fsp3) is 0.200. The van der Waals surface area contributed by atoms with Crippen molar-refractivity contribution in [1.82, 2.24) is 25.5 Å². The van der Waals surface area contributed by atoms with Gasteiger partial charge in [-0.1, -0.05) is 11.6 Å². The van der Waals surface area contributed by atoms with Crippen LogP contribution < -0.4 is 5.32 Å². The maximum absolute atomic E-state index is 11.7. The Kier molecular flexibility index (Phi) is 3.66. The zero-order chi connectivity index (χ0) is 12.1. The van der Waals surface area contributed by atoms with Crippen LogP contribution in [0.1, 0.15) is 16.2 Å². The predicted octanol–water partition coefficient (Wildman–Crippen LogP) is 0.826. The summed E-state index contributed by atoms with van der Waals surface area (Å²) >= 11 is 5.69. The third-order valence-electron chi connectivity index (χ3n) is 2.10. The number of H-pyrrole nitrogens is 1. The van der Waals surface area contributed by atoms with E-state index in [0.29, 0.717) is 23.7 Å². The maximum atomic E-state index is 11.7. The molecule has 2 N–H and O–H groups in total. The summed E-state index contributed by atoms with van der Waals surface area (Å²) in [5, 5.41) is 9.48. The van der Waals surface area contributed by atoms with Gasteiger partial charge in [-0.05, 0) is 12.1 Å². The van der Waals surface area contributed by atoms with Crippen molar-refractivity contribution in [1.29, 1.82) is 0 Å². The number of nitrogens with one attached hydrogen (secondary N) is 2. The second-order valence-corrected chi connectivity index (χ2v) is 3.69.